The Morgan fingerprint density at radius 3 is 2.73 bits per heavy atom. The Labute approximate surface area is 158 Å². The van der Waals surface area contributed by atoms with E-state index < -0.39 is 0 Å². The molecule has 26 heavy (non-hydrogen) atoms. The molecular formula is C21H23N3OS. The number of hydrogen-bond acceptors (Lipinski definition) is 5. The lowest BCUT2D eigenvalue weighted by molar-refractivity contribution is 0.187. The van der Waals surface area contributed by atoms with Crippen LogP contribution in [0.4, 0.5) is 5.13 Å². The third-order valence-corrected chi connectivity index (χ3v) is 6.46. The minimum Gasteiger partial charge on any atom is -0.394 e. The molecule has 0 amide bonds. The Bertz CT molecular complexity index is 849. The quantitative estimate of drug-likeness (QED) is 0.865. The SMILES string of the molecule is CCc1csc(N2[C@H](C#N)[C@H](c3ccc(C4=CCCC4)cc3)[C@H]2CO)n1. The molecule has 2 aliphatic rings. The second kappa shape index (κ2) is 7.22. The largest absolute Gasteiger partial charge is 0.394 e. The normalized spacial score (nSPS) is 24.9. The van der Waals surface area contributed by atoms with Gasteiger partial charge in [-0.1, -0.05) is 37.3 Å². The van der Waals surface area contributed by atoms with Crippen LogP contribution in [0.3, 0.4) is 0 Å². The first kappa shape index (κ1) is 17.3. The summed E-state index contributed by atoms with van der Waals surface area (Å²) in [6.07, 6.45) is 6.77. The third-order valence-electron chi connectivity index (χ3n) is 5.56. The Hall–Kier alpha value is -2.16. The number of anilines is 1. The minimum absolute atomic E-state index is 0.0191. The zero-order valence-electron chi connectivity index (χ0n) is 14.9. The molecule has 1 saturated heterocycles. The fourth-order valence-corrected chi connectivity index (χ4v) is 5.10. The van der Waals surface area contributed by atoms with Crippen molar-refractivity contribution in [2.24, 2.45) is 0 Å². The smallest absolute Gasteiger partial charge is 0.186 e. The summed E-state index contributed by atoms with van der Waals surface area (Å²) >= 11 is 1.56. The zero-order valence-corrected chi connectivity index (χ0v) is 15.7. The van der Waals surface area contributed by atoms with Gasteiger partial charge in [0.05, 0.1) is 24.4 Å². The molecule has 1 N–H and O–H groups in total. The molecule has 0 spiro atoms. The van der Waals surface area contributed by atoms with Gasteiger partial charge in [0.1, 0.15) is 6.04 Å². The van der Waals surface area contributed by atoms with E-state index in [0.717, 1.165) is 29.2 Å². The van der Waals surface area contributed by atoms with Gasteiger partial charge in [-0.2, -0.15) is 5.26 Å². The van der Waals surface area contributed by atoms with E-state index in [-0.39, 0.29) is 24.6 Å². The molecule has 1 aromatic heterocycles. The first-order valence-electron chi connectivity index (χ1n) is 9.29. The number of nitriles is 1. The maximum absolute atomic E-state index is 9.97. The number of aromatic nitrogens is 1. The van der Waals surface area contributed by atoms with Gasteiger partial charge in [0.25, 0.3) is 0 Å². The number of hydrogen-bond donors (Lipinski definition) is 1. The molecule has 0 radical (unpaired) electrons. The fraction of sp³-hybridized carbons (Fsp3) is 0.429. The number of nitrogens with zero attached hydrogens (tertiary/aromatic N) is 3. The second-order valence-corrected chi connectivity index (χ2v) is 7.81. The summed E-state index contributed by atoms with van der Waals surface area (Å²) in [6.45, 7) is 2.10. The van der Waals surface area contributed by atoms with E-state index in [1.807, 2.05) is 10.3 Å². The lowest BCUT2D eigenvalue weighted by Gasteiger charge is -2.51. The van der Waals surface area contributed by atoms with Crippen molar-refractivity contribution in [1.29, 1.82) is 5.26 Å². The molecule has 4 nitrogen and oxygen atoms in total. The summed E-state index contributed by atoms with van der Waals surface area (Å²) in [4.78, 5) is 6.60. The van der Waals surface area contributed by atoms with Crippen LogP contribution < -0.4 is 4.90 Å². The van der Waals surface area contributed by atoms with E-state index in [1.54, 1.807) is 11.3 Å². The monoisotopic (exact) mass is 365 g/mol. The second-order valence-electron chi connectivity index (χ2n) is 6.98. The molecule has 0 bridgehead atoms. The van der Waals surface area contributed by atoms with Crippen LogP contribution in [0.2, 0.25) is 0 Å². The number of rotatable bonds is 5. The summed E-state index contributed by atoms with van der Waals surface area (Å²) in [7, 11) is 0. The fourth-order valence-electron chi connectivity index (χ4n) is 4.10. The average molecular weight is 366 g/mol. The van der Waals surface area contributed by atoms with Gasteiger partial charge in [0.2, 0.25) is 0 Å². The van der Waals surface area contributed by atoms with Crippen molar-refractivity contribution in [3.63, 3.8) is 0 Å². The van der Waals surface area contributed by atoms with Crippen LogP contribution in [0.15, 0.2) is 35.7 Å². The Morgan fingerprint density at radius 1 is 1.35 bits per heavy atom. The van der Waals surface area contributed by atoms with Crippen molar-refractivity contribution in [2.75, 3.05) is 11.5 Å². The van der Waals surface area contributed by atoms with Gasteiger partial charge in [-0.15, -0.1) is 11.3 Å². The van der Waals surface area contributed by atoms with Gasteiger partial charge < -0.3 is 10.0 Å². The molecule has 3 atom stereocenters. The van der Waals surface area contributed by atoms with E-state index in [2.05, 4.69) is 48.3 Å². The van der Waals surface area contributed by atoms with Gasteiger partial charge in [0.15, 0.2) is 5.13 Å². The predicted molar refractivity (Wildman–Crippen MR) is 105 cm³/mol. The van der Waals surface area contributed by atoms with Crippen molar-refractivity contribution in [2.45, 2.75) is 50.6 Å². The van der Waals surface area contributed by atoms with Gasteiger partial charge in [-0.3, -0.25) is 0 Å². The molecule has 5 heteroatoms. The highest BCUT2D eigenvalue weighted by Crippen LogP contribution is 2.44. The van der Waals surface area contributed by atoms with Gasteiger partial charge >= 0.3 is 0 Å². The van der Waals surface area contributed by atoms with E-state index >= 15 is 0 Å². The van der Waals surface area contributed by atoms with E-state index in [4.69, 9.17) is 0 Å². The van der Waals surface area contributed by atoms with Crippen molar-refractivity contribution in [3.8, 4) is 6.07 Å². The molecule has 0 unspecified atom stereocenters. The molecule has 1 fully saturated rings. The summed E-state index contributed by atoms with van der Waals surface area (Å²) in [5.41, 5.74) is 4.87. The van der Waals surface area contributed by atoms with Crippen molar-refractivity contribution in [3.05, 3.63) is 52.5 Å². The topological polar surface area (TPSA) is 60.2 Å². The van der Waals surface area contributed by atoms with Crippen molar-refractivity contribution in [1.82, 2.24) is 4.98 Å². The highest BCUT2D eigenvalue weighted by Gasteiger charge is 2.50. The molecule has 1 aliphatic carbocycles. The molecule has 2 heterocycles. The van der Waals surface area contributed by atoms with Crippen molar-refractivity contribution < 1.29 is 5.11 Å². The summed E-state index contributed by atoms with van der Waals surface area (Å²) in [5, 5.41) is 22.6. The third kappa shape index (κ3) is 2.84. The minimum atomic E-state index is -0.278. The first-order valence-corrected chi connectivity index (χ1v) is 10.2. The van der Waals surface area contributed by atoms with Crippen LogP contribution in [-0.2, 0) is 6.42 Å². The van der Waals surface area contributed by atoms with Gasteiger partial charge in [-0.25, -0.2) is 4.98 Å². The van der Waals surface area contributed by atoms with Crippen LogP contribution in [0.25, 0.3) is 5.57 Å². The Kier molecular flexibility index (Phi) is 4.80. The zero-order chi connectivity index (χ0) is 18.1. The maximum atomic E-state index is 9.97. The van der Waals surface area contributed by atoms with E-state index in [9.17, 15) is 10.4 Å². The van der Waals surface area contributed by atoms with Crippen molar-refractivity contribution >= 4 is 22.0 Å². The molecule has 4 rings (SSSR count). The molecule has 1 aliphatic heterocycles. The summed E-state index contributed by atoms with van der Waals surface area (Å²) in [5.74, 6) is 0.0191. The van der Waals surface area contributed by atoms with Gasteiger partial charge in [-0.05, 0) is 42.4 Å². The molecule has 134 valence electrons. The predicted octanol–water partition coefficient (Wildman–Crippen LogP) is 4.13. The van der Waals surface area contributed by atoms with E-state index in [1.165, 1.54) is 24.0 Å². The number of aliphatic hydroxyl groups is 1. The number of aliphatic hydroxyl groups excluding tert-OH is 1. The lowest BCUT2D eigenvalue weighted by atomic mass is 9.76. The molecule has 0 saturated carbocycles. The molecular weight excluding hydrogens is 342 g/mol. The number of aryl methyl sites for hydroxylation is 1. The Morgan fingerprint density at radius 2 is 2.15 bits per heavy atom. The maximum Gasteiger partial charge on any atom is 0.186 e. The average Bonchev–Trinajstić information content (AvgIpc) is 3.34. The molecule has 1 aromatic carbocycles. The highest BCUT2D eigenvalue weighted by atomic mass is 32.1. The Balaban J connectivity index is 1.59. The van der Waals surface area contributed by atoms with Crippen LogP contribution >= 0.6 is 11.3 Å². The standard InChI is InChI=1S/C21H23N3OS/c1-2-17-13-26-21(23-17)24-18(11-22)20(19(24)12-25)16-9-7-15(8-10-16)14-5-3-4-6-14/h5,7-10,13,18-20,25H,2-4,6,12H2,1H3/t18-,19-,20+/m1/s1. The van der Waals surface area contributed by atoms with Crippen LogP contribution in [0.1, 0.15) is 48.9 Å². The number of benzene rings is 1. The van der Waals surface area contributed by atoms with Crippen LogP contribution in [0, 0.1) is 11.3 Å². The van der Waals surface area contributed by atoms with Crippen LogP contribution in [-0.4, -0.2) is 28.8 Å². The number of allylic oxidation sites excluding steroid dienone is 2. The number of thiazole rings is 1. The summed E-state index contributed by atoms with van der Waals surface area (Å²) in [6, 6.07) is 10.6. The first-order chi connectivity index (χ1) is 12.8. The lowest BCUT2D eigenvalue weighted by Crippen LogP contribution is -2.63. The van der Waals surface area contributed by atoms with Crippen LogP contribution in [0.5, 0.6) is 0 Å². The van der Waals surface area contributed by atoms with E-state index in [0.29, 0.717) is 0 Å². The van der Waals surface area contributed by atoms with Gasteiger partial charge in [0, 0.05) is 11.3 Å². The highest BCUT2D eigenvalue weighted by molar-refractivity contribution is 7.13. The molecule has 2 aromatic rings. The summed E-state index contributed by atoms with van der Waals surface area (Å²) < 4.78 is 0.